The van der Waals surface area contributed by atoms with E-state index in [1.807, 2.05) is 54.1 Å². The van der Waals surface area contributed by atoms with Crippen LogP contribution < -0.4 is 10.1 Å². The largest absolute Gasteiger partial charge is 0.496 e. The third-order valence-corrected chi connectivity index (χ3v) is 4.62. The molecule has 3 rings (SSSR count). The summed E-state index contributed by atoms with van der Waals surface area (Å²) in [5.41, 5.74) is 3.57. The maximum Gasteiger partial charge on any atom is 0.272 e. The number of nitrogens with zero attached hydrogens (tertiary/aromatic N) is 1. The Morgan fingerprint density at radius 3 is 2.75 bits per heavy atom. The van der Waals surface area contributed by atoms with Crippen molar-refractivity contribution in [1.29, 1.82) is 0 Å². The molecule has 24 heavy (non-hydrogen) atoms. The monoisotopic (exact) mass is 340 g/mol. The van der Waals surface area contributed by atoms with Crippen LogP contribution in [0.3, 0.4) is 0 Å². The maximum absolute atomic E-state index is 12.7. The van der Waals surface area contributed by atoms with Crippen LogP contribution in [0.15, 0.2) is 48.5 Å². The highest BCUT2D eigenvalue weighted by Gasteiger charge is 2.15. The summed E-state index contributed by atoms with van der Waals surface area (Å²) in [7, 11) is 3.53. The van der Waals surface area contributed by atoms with E-state index in [-0.39, 0.29) is 5.91 Å². The van der Waals surface area contributed by atoms with Gasteiger partial charge in [-0.05, 0) is 42.2 Å². The second-order valence-corrected chi connectivity index (χ2v) is 6.44. The minimum atomic E-state index is -0.128. The van der Waals surface area contributed by atoms with E-state index in [1.54, 1.807) is 18.9 Å². The number of rotatable bonds is 5. The number of hydrogen-bond donors (Lipinski definition) is 1. The van der Waals surface area contributed by atoms with Gasteiger partial charge in [-0.3, -0.25) is 4.79 Å². The number of methoxy groups -OCH3 is 1. The molecule has 3 aromatic rings. The van der Waals surface area contributed by atoms with Crippen molar-refractivity contribution in [3.8, 4) is 5.75 Å². The SMILES string of the molecule is COc1cccc2c1cc(C(=O)Nc1cccc(CSC)c1)n2C. The minimum Gasteiger partial charge on any atom is -0.496 e. The number of hydrogen-bond acceptors (Lipinski definition) is 3. The van der Waals surface area contributed by atoms with Crippen molar-refractivity contribution in [3.63, 3.8) is 0 Å². The topological polar surface area (TPSA) is 43.3 Å². The van der Waals surface area contributed by atoms with E-state index in [1.165, 1.54) is 5.56 Å². The van der Waals surface area contributed by atoms with Gasteiger partial charge in [0.1, 0.15) is 11.4 Å². The molecule has 0 aliphatic rings. The standard InChI is InChI=1S/C19H20N2O2S/c1-21-16-8-5-9-18(23-2)15(16)11-17(21)19(22)20-14-7-4-6-13(10-14)12-24-3/h4-11H,12H2,1-3H3,(H,20,22). The van der Waals surface area contributed by atoms with Crippen LogP contribution in [0.25, 0.3) is 10.9 Å². The number of amides is 1. The highest BCUT2D eigenvalue weighted by atomic mass is 32.2. The van der Waals surface area contributed by atoms with Gasteiger partial charge in [0, 0.05) is 23.9 Å². The molecule has 0 atom stereocenters. The highest BCUT2D eigenvalue weighted by molar-refractivity contribution is 7.97. The molecule has 0 unspecified atom stereocenters. The molecule has 1 heterocycles. The zero-order valence-corrected chi connectivity index (χ0v) is 14.8. The second kappa shape index (κ2) is 7.01. The van der Waals surface area contributed by atoms with Crippen LogP contribution in [0.5, 0.6) is 5.75 Å². The Labute approximate surface area is 145 Å². The molecule has 4 nitrogen and oxygen atoms in total. The van der Waals surface area contributed by atoms with Gasteiger partial charge in [0.25, 0.3) is 5.91 Å². The van der Waals surface area contributed by atoms with Crippen molar-refractivity contribution in [2.45, 2.75) is 5.75 Å². The van der Waals surface area contributed by atoms with E-state index >= 15 is 0 Å². The molecular weight excluding hydrogens is 320 g/mol. The van der Waals surface area contributed by atoms with Crippen LogP contribution in [0.4, 0.5) is 5.69 Å². The lowest BCUT2D eigenvalue weighted by molar-refractivity contribution is 0.102. The molecule has 0 bridgehead atoms. The molecule has 5 heteroatoms. The first-order valence-corrected chi connectivity index (χ1v) is 9.05. The number of aryl methyl sites for hydroxylation is 1. The molecule has 0 spiro atoms. The van der Waals surface area contributed by atoms with Gasteiger partial charge < -0.3 is 14.6 Å². The summed E-state index contributed by atoms with van der Waals surface area (Å²) >= 11 is 1.76. The molecule has 1 N–H and O–H groups in total. The average Bonchev–Trinajstić information content (AvgIpc) is 2.93. The molecular formula is C19H20N2O2S. The first-order valence-electron chi connectivity index (χ1n) is 7.65. The molecule has 1 aromatic heterocycles. The molecule has 124 valence electrons. The molecule has 1 amide bonds. The van der Waals surface area contributed by atoms with Crippen LogP contribution in [-0.4, -0.2) is 23.8 Å². The summed E-state index contributed by atoms with van der Waals surface area (Å²) in [5, 5.41) is 3.92. The van der Waals surface area contributed by atoms with Gasteiger partial charge in [-0.15, -0.1) is 0 Å². The highest BCUT2D eigenvalue weighted by Crippen LogP contribution is 2.28. The van der Waals surface area contributed by atoms with Gasteiger partial charge in [-0.2, -0.15) is 11.8 Å². The first-order chi connectivity index (χ1) is 11.6. The van der Waals surface area contributed by atoms with E-state index in [9.17, 15) is 4.79 Å². The van der Waals surface area contributed by atoms with Gasteiger partial charge in [0.15, 0.2) is 0 Å². The van der Waals surface area contributed by atoms with Crippen molar-refractivity contribution >= 4 is 34.3 Å². The minimum absolute atomic E-state index is 0.128. The predicted octanol–water partition coefficient (Wildman–Crippen LogP) is 4.30. The van der Waals surface area contributed by atoms with E-state index < -0.39 is 0 Å². The van der Waals surface area contributed by atoms with Crippen LogP contribution in [0.1, 0.15) is 16.1 Å². The van der Waals surface area contributed by atoms with Crippen LogP contribution >= 0.6 is 11.8 Å². The number of ether oxygens (including phenoxy) is 1. The van der Waals surface area contributed by atoms with Gasteiger partial charge in [-0.1, -0.05) is 18.2 Å². The van der Waals surface area contributed by atoms with Crippen molar-refractivity contribution in [2.75, 3.05) is 18.7 Å². The third kappa shape index (κ3) is 3.12. The summed E-state index contributed by atoms with van der Waals surface area (Å²) in [6, 6.07) is 15.6. The van der Waals surface area contributed by atoms with Gasteiger partial charge in [0.05, 0.1) is 12.6 Å². The number of fused-ring (bicyclic) bond motifs is 1. The zero-order valence-electron chi connectivity index (χ0n) is 14.0. The molecule has 0 saturated heterocycles. The average molecular weight is 340 g/mol. The Bertz CT molecular complexity index is 886. The van der Waals surface area contributed by atoms with E-state index in [0.29, 0.717) is 5.69 Å². The Kier molecular flexibility index (Phi) is 4.81. The zero-order chi connectivity index (χ0) is 17.1. The van der Waals surface area contributed by atoms with E-state index in [4.69, 9.17) is 4.74 Å². The number of nitrogens with one attached hydrogen (secondary N) is 1. The number of carbonyl (C=O) groups excluding carboxylic acids is 1. The summed E-state index contributed by atoms with van der Waals surface area (Å²) in [4.78, 5) is 12.7. The maximum atomic E-state index is 12.7. The van der Waals surface area contributed by atoms with Crippen molar-refractivity contribution in [1.82, 2.24) is 4.57 Å². The lowest BCUT2D eigenvalue weighted by Gasteiger charge is -2.08. The predicted molar refractivity (Wildman–Crippen MR) is 101 cm³/mol. The smallest absolute Gasteiger partial charge is 0.272 e. The summed E-state index contributed by atoms with van der Waals surface area (Å²) < 4.78 is 7.28. The molecule has 0 radical (unpaired) electrons. The Hall–Kier alpha value is -2.40. The lowest BCUT2D eigenvalue weighted by Crippen LogP contribution is -2.15. The summed E-state index contributed by atoms with van der Waals surface area (Å²) in [6.45, 7) is 0. The van der Waals surface area contributed by atoms with Crippen molar-refractivity contribution in [2.24, 2.45) is 7.05 Å². The Balaban J connectivity index is 1.91. The van der Waals surface area contributed by atoms with Crippen LogP contribution in [-0.2, 0) is 12.8 Å². The third-order valence-electron chi connectivity index (χ3n) is 4.00. The van der Waals surface area contributed by atoms with Gasteiger partial charge in [0.2, 0.25) is 0 Å². The fourth-order valence-electron chi connectivity index (χ4n) is 2.83. The number of benzene rings is 2. The molecule has 0 aliphatic heterocycles. The quantitative estimate of drug-likeness (QED) is 0.753. The van der Waals surface area contributed by atoms with E-state index in [2.05, 4.69) is 17.6 Å². The Morgan fingerprint density at radius 2 is 2.00 bits per heavy atom. The summed E-state index contributed by atoms with van der Waals surface area (Å²) in [5.74, 6) is 1.57. The van der Waals surface area contributed by atoms with Crippen molar-refractivity contribution < 1.29 is 9.53 Å². The molecule has 0 fully saturated rings. The second-order valence-electron chi connectivity index (χ2n) is 5.57. The molecule has 0 aliphatic carbocycles. The normalized spacial score (nSPS) is 10.8. The van der Waals surface area contributed by atoms with Gasteiger partial charge >= 0.3 is 0 Å². The summed E-state index contributed by atoms with van der Waals surface area (Å²) in [6.07, 6.45) is 2.06. The number of carbonyl (C=O) groups is 1. The lowest BCUT2D eigenvalue weighted by atomic mass is 10.2. The molecule has 0 saturated carbocycles. The number of thioether (sulfide) groups is 1. The number of anilines is 1. The van der Waals surface area contributed by atoms with Gasteiger partial charge in [-0.25, -0.2) is 0 Å². The first kappa shape index (κ1) is 16.5. The van der Waals surface area contributed by atoms with E-state index in [0.717, 1.165) is 28.1 Å². The fraction of sp³-hybridized carbons (Fsp3) is 0.211. The Morgan fingerprint density at radius 1 is 1.21 bits per heavy atom. The van der Waals surface area contributed by atoms with Crippen molar-refractivity contribution in [3.05, 3.63) is 59.8 Å². The van der Waals surface area contributed by atoms with Crippen LogP contribution in [0, 0.1) is 0 Å². The van der Waals surface area contributed by atoms with Crippen LogP contribution in [0.2, 0.25) is 0 Å². The number of aromatic nitrogens is 1. The molecule has 2 aromatic carbocycles. The fourth-order valence-corrected chi connectivity index (χ4v) is 3.34.